The minimum atomic E-state index is -6.51. The summed E-state index contributed by atoms with van der Waals surface area (Å²) in [4.78, 5) is 0. The molecule has 0 N–H and O–H groups in total. The molecule has 0 fully saturated rings. The molecule has 0 nitrogen and oxygen atoms in total. The molecular formula is C14H5F9. The van der Waals surface area contributed by atoms with Crippen molar-refractivity contribution < 1.29 is 39.5 Å². The third kappa shape index (κ3) is 2.11. The maximum absolute atomic E-state index is 14.1. The van der Waals surface area contributed by atoms with Crippen LogP contribution in [0, 0.1) is 11.8 Å². The summed E-state index contributed by atoms with van der Waals surface area (Å²) in [6.45, 7) is 0. The van der Waals surface area contributed by atoms with Gasteiger partial charge in [0.05, 0.1) is 0 Å². The van der Waals surface area contributed by atoms with E-state index in [-0.39, 0.29) is 5.56 Å². The fourth-order valence-corrected chi connectivity index (χ4v) is 1.79. The van der Waals surface area contributed by atoms with Crippen molar-refractivity contribution >= 4 is 0 Å². The minimum absolute atomic E-state index is 0.200. The molecule has 0 heterocycles. The minimum Gasteiger partial charge on any atom is -0.214 e. The quantitative estimate of drug-likeness (QED) is 0.468. The van der Waals surface area contributed by atoms with E-state index in [0.717, 1.165) is 18.1 Å². The van der Waals surface area contributed by atoms with Crippen LogP contribution in [-0.4, -0.2) is 23.4 Å². The Morgan fingerprint density at radius 3 is 1.74 bits per heavy atom. The first-order valence-electron chi connectivity index (χ1n) is 5.86. The van der Waals surface area contributed by atoms with E-state index in [4.69, 9.17) is 0 Å². The fourth-order valence-electron chi connectivity index (χ4n) is 1.79. The van der Waals surface area contributed by atoms with Crippen LogP contribution in [0.3, 0.4) is 0 Å². The van der Waals surface area contributed by atoms with Gasteiger partial charge in [-0.25, -0.2) is 13.2 Å². The predicted molar refractivity (Wildman–Crippen MR) is 61.2 cm³/mol. The lowest BCUT2D eigenvalue weighted by Crippen LogP contribution is -2.67. The highest BCUT2D eigenvalue weighted by Gasteiger charge is 2.86. The molecule has 2 rings (SSSR count). The Balaban J connectivity index is 2.70. The van der Waals surface area contributed by atoms with Gasteiger partial charge in [-0.1, -0.05) is 24.1 Å². The van der Waals surface area contributed by atoms with E-state index in [1.54, 1.807) is 5.92 Å². The molecule has 0 spiro atoms. The highest BCUT2D eigenvalue weighted by molar-refractivity contribution is 5.46. The monoisotopic (exact) mass is 344 g/mol. The second-order valence-corrected chi connectivity index (χ2v) is 4.63. The molecule has 1 aliphatic carbocycles. The number of halogens is 9. The van der Waals surface area contributed by atoms with Gasteiger partial charge in [0.1, 0.15) is 0 Å². The molecule has 0 aromatic heterocycles. The Hall–Kier alpha value is -2.11. The number of rotatable bonds is 0. The molecule has 1 aromatic carbocycles. The first kappa shape index (κ1) is 17.2. The molecule has 0 aliphatic heterocycles. The van der Waals surface area contributed by atoms with Gasteiger partial charge in [0.25, 0.3) is 5.67 Å². The predicted octanol–water partition coefficient (Wildman–Crippen LogP) is 4.82. The van der Waals surface area contributed by atoms with Crippen LogP contribution in [0.1, 0.15) is 5.56 Å². The van der Waals surface area contributed by atoms with Gasteiger partial charge in [-0.2, -0.15) is 26.3 Å². The van der Waals surface area contributed by atoms with Gasteiger partial charge in [-0.05, 0) is 18.1 Å². The number of hydrogen-bond donors (Lipinski definition) is 0. The van der Waals surface area contributed by atoms with Crippen molar-refractivity contribution in [3.8, 4) is 11.8 Å². The summed E-state index contributed by atoms with van der Waals surface area (Å²) in [5, 5.41) is 0. The summed E-state index contributed by atoms with van der Waals surface area (Å²) in [5.74, 6) is -23.6. The van der Waals surface area contributed by atoms with Crippen LogP contribution in [0.4, 0.5) is 39.5 Å². The van der Waals surface area contributed by atoms with Crippen molar-refractivity contribution in [3.63, 3.8) is 0 Å². The Kier molecular flexibility index (Phi) is 3.71. The number of alkyl halides is 7. The Morgan fingerprint density at radius 2 is 1.22 bits per heavy atom. The molecule has 1 unspecified atom stereocenters. The van der Waals surface area contributed by atoms with Crippen molar-refractivity contribution in [3.05, 3.63) is 47.5 Å². The largest absolute Gasteiger partial charge is 0.383 e. The molecule has 0 amide bonds. The van der Waals surface area contributed by atoms with E-state index < -0.39 is 35.1 Å². The lowest BCUT2D eigenvalue weighted by molar-refractivity contribution is -0.336. The molecule has 1 aromatic rings. The van der Waals surface area contributed by atoms with Crippen molar-refractivity contribution in [1.29, 1.82) is 0 Å². The summed E-state index contributed by atoms with van der Waals surface area (Å²) < 4.78 is 120. The lowest BCUT2D eigenvalue weighted by atomic mass is 9.82. The molecule has 23 heavy (non-hydrogen) atoms. The Bertz CT molecular complexity index is 709. The number of hydrogen-bond acceptors (Lipinski definition) is 0. The Morgan fingerprint density at radius 1 is 0.696 bits per heavy atom. The second-order valence-electron chi connectivity index (χ2n) is 4.63. The van der Waals surface area contributed by atoms with E-state index in [1.165, 1.54) is 18.2 Å². The molecular weight excluding hydrogens is 339 g/mol. The van der Waals surface area contributed by atoms with Crippen molar-refractivity contribution in [2.45, 2.75) is 23.4 Å². The van der Waals surface area contributed by atoms with Crippen molar-refractivity contribution in [2.75, 3.05) is 0 Å². The van der Waals surface area contributed by atoms with E-state index in [9.17, 15) is 39.5 Å². The molecule has 0 bridgehead atoms. The topological polar surface area (TPSA) is 0 Å². The van der Waals surface area contributed by atoms with Crippen LogP contribution < -0.4 is 0 Å². The maximum atomic E-state index is 14.1. The average molecular weight is 344 g/mol. The molecule has 124 valence electrons. The zero-order valence-electron chi connectivity index (χ0n) is 10.8. The highest BCUT2D eigenvalue weighted by Crippen LogP contribution is 2.61. The normalized spacial score (nSPS) is 28.0. The zero-order valence-corrected chi connectivity index (χ0v) is 10.8. The summed E-state index contributed by atoms with van der Waals surface area (Å²) >= 11 is 0. The maximum Gasteiger partial charge on any atom is 0.383 e. The Labute approximate surface area is 123 Å². The van der Waals surface area contributed by atoms with Crippen LogP contribution in [-0.2, 0) is 0 Å². The second kappa shape index (κ2) is 4.94. The van der Waals surface area contributed by atoms with Gasteiger partial charge >= 0.3 is 17.8 Å². The fraction of sp³-hybridized carbons (Fsp3) is 0.286. The van der Waals surface area contributed by atoms with E-state index in [2.05, 4.69) is 0 Å². The van der Waals surface area contributed by atoms with Crippen molar-refractivity contribution in [1.82, 2.24) is 0 Å². The molecule has 9 heteroatoms. The molecule has 1 aliphatic rings. The molecule has 1 atom stereocenters. The van der Waals surface area contributed by atoms with Crippen LogP contribution in [0.2, 0.25) is 0 Å². The first-order chi connectivity index (χ1) is 10.4. The van der Waals surface area contributed by atoms with E-state index in [0.29, 0.717) is 0 Å². The van der Waals surface area contributed by atoms with Gasteiger partial charge < -0.3 is 0 Å². The standard InChI is InChI=1S/C14H5F9/c15-9-10(16)12(18,19)14(22,23)13(20,21)11(9,17)7-6-8-4-2-1-3-5-8/h1-5H. The number of benzene rings is 1. The summed E-state index contributed by atoms with van der Waals surface area (Å²) in [6, 6.07) is 6.32. The molecule has 0 radical (unpaired) electrons. The van der Waals surface area contributed by atoms with Crippen LogP contribution >= 0.6 is 0 Å². The molecule has 0 saturated heterocycles. The van der Waals surface area contributed by atoms with Gasteiger partial charge in [0.15, 0.2) is 5.83 Å². The van der Waals surface area contributed by atoms with Gasteiger partial charge in [0.2, 0.25) is 5.83 Å². The smallest absolute Gasteiger partial charge is 0.214 e. The number of allylic oxidation sites excluding steroid dienone is 2. The highest BCUT2D eigenvalue weighted by atomic mass is 19.4. The lowest BCUT2D eigenvalue weighted by Gasteiger charge is -2.41. The third-order valence-corrected chi connectivity index (χ3v) is 3.15. The van der Waals surface area contributed by atoms with E-state index in [1.807, 2.05) is 0 Å². The van der Waals surface area contributed by atoms with Gasteiger partial charge in [-0.3, -0.25) is 0 Å². The summed E-state index contributed by atoms with van der Waals surface area (Å²) in [5.41, 5.74) is -5.44. The third-order valence-electron chi connectivity index (χ3n) is 3.15. The van der Waals surface area contributed by atoms with Crippen LogP contribution in [0.25, 0.3) is 0 Å². The van der Waals surface area contributed by atoms with Gasteiger partial charge in [-0.15, -0.1) is 0 Å². The average Bonchev–Trinajstić information content (AvgIpc) is 2.50. The van der Waals surface area contributed by atoms with Crippen LogP contribution in [0.5, 0.6) is 0 Å². The van der Waals surface area contributed by atoms with Gasteiger partial charge in [0, 0.05) is 5.56 Å². The van der Waals surface area contributed by atoms with Crippen molar-refractivity contribution in [2.24, 2.45) is 0 Å². The zero-order chi connectivity index (χ0) is 17.7. The van der Waals surface area contributed by atoms with E-state index >= 15 is 0 Å². The first-order valence-corrected chi connectivity index (χ1v) is 5.86. The summed E-state index contributed by atoms with van der Waals surface area (Å²) in [6.07, 6.45) is 0. The SMILES string of the molecule is FC1=C(F)C(F)(C#Cc2ccccc2)C(F)(F)C(F)(F)C1(F)F. The van der Waals surface area contributed by atoms with Crippen LogP contribution in [0.15, 0.2) is 42.0 Å². The molecule has 0 saturated carbocycles. The summed E-state index contributed by atoms with van der Waals surface area (Å²) in [7, 11) is 0.